The molecule has 2 amide bonds. The smallest absolute Gasteiger partial charge is 0.416 e. The van der Waals surface area contributed by atoms with Crippen LogP contribution in [-0.2, 0) is 9.53 Å². The first-order chi connectivity index (χ1) is 12.7. The Labute approximate surface area is 154 Å². The molecule has 1 aromatic carbocycles. The number of carbonyl (C=O) groups is 2. The standard InChI is InChI=1S/C21H28N2O3/c1-2-3-4-5-6-9-16(14-20(24)23-12-13-26-21(23)25)18-15-22-19-11-8-7-10-17(18)19/h7-8,10-11,15-16,22H,2-6,9,12-14H2,1H3. The number of benzene rings is 1. The minimum Gasteiger partial charge on any atom is -0.447 e. The zero-order valence-corrected chi connectivity index (χ0v) is 15.5. The third-order valence-corrected chi connectivity index (χ3v) is 5.20. The molecule has 0 bridgehead atoms. The summed E-state index contributed by atoms with van der Waals surface area (Å²) in [7, 11) is 0. The molecule has 0 saturated carbocycles. The number of hydrogen-bond acceptors (Lipinski definition) is 3. The summed E-state index contributed by atoms with van der Waals surface area (Å²) >= 11 is 0. The van der Waals surface area contributed by atoms with Crippen LogP contribution < -0.4 is 0 Å². The molecule has 1 aromatic heterocycles. The van der Waals surface area contributed by atoms with Crippen molar-refractivity contribution in [1.82, 2.24) is 9.88 Å². The van der Waals surface area contributed by atoms with Gasteiger partial charge in [0.05, 0.1) is 6.54 Å². The molecule has 1 aliphatic heterocycles. The summed E-state index contributed by atoms with van der Waals surface area (Å²) in [4.78, 5) is 28.9. The van der Waals surface area contributed by atoms with Gasteiger partial charge in [-0.2, -0.15) is 0 Å². The Bertz CT molecular complexity index is 753. The van der Waals surface area contributed by atoms with Crippen LogP contribution in [-0.4, -0.2) is 35.0 Å². The molecule has 1 unspecified atom stereocenters. The van der Waals surface area contributed by atoms with E-state index in [0.717, 1.165) is 18.4 Å². The van der Waals surface area contributed by atoms with Gasteiger partial charge in [0.2, 0.25) is 5.91 Å². The lowest BCUT2D eigenvalue weighted by Gasteiger charge is -2.19. The Morgan fingerprint density at radius 1 is 1.23 bits per heavy atom. The maximum Gasteiger partial charge on any atom is 0.416 e. The van der Waals surface area contributed by atoms with Gasteiger partial charge in [0.1, 0.15) is 6.61 Å². The maximum absolute atomic E-state index is 12.6. The van der Waals surface area contributed by atoms with Crippen LogP contribution >= 0.6 is 0 Å². The van der Waals surface area contributed by atoms with E-state index in [4.69, 9.17) is 4.74 Å². The van der Waals surface area contributed by atoms with Gasteiger partial charge in [-0.05, 0) is 24.0 Å². The Morgan fingerprint density at radius 3 is 2.81 bits per heavy atom. The fraction of sp³-hybridized carbons (Fsp3) is 0.524. The Kier molecular flexibility index (Phi) is 6.31. The molecule has 1 atom stereocenters. The molecule has 1 N–H and O–H groups in total. The van der Waals surface area contributed by atoms with Crippen LogP contribution in [0.15, 0.2) is 30.5 Å². The number of aromatic nitrogens is 1. The number of ether oxygens (including phenoxy) is 1. The summed E-state index contributed by atoms with van der Waals surface area (Å²) in [6.45, 7) is 2.89. The van der Waals surface area contributed by atoms with Crippen molar-refractivity contribution in [2.75, 3.05) is 13.2 Å². The predicted octanol–water partition coefficient (Wildman–Crippen LogP) is 4.98. The Morgan fingerprint density at radius 2 is 2.04 bits per heavy atom. The van der Waals surface area contributed by atoms with Crippen LogP contribution in [0.4, 0.5) is 4.79 Å². The summed E-state index contributed by atoms with van der Waals surface area (Å²) in [6, 6.07) is 8.18. The Balaban J connectivity index is 1.73. The van der Waals surface area contributed by atoms with Crippen molar-refractivity contribution in [3.05, 3.63) is 36.0 Å². The number of nitrogens with zero attached hydrogens (tertiary/aromatic N) is 1. The van der Waals surface area contributed by atoms with E-state index in [1.54, 1.807) is 0 Å². The topological polar surface area (TPSA) is 62.4 Å². The van der Waals surface area contributed by atoms with Gasteiger partial charge >= 0.3 is 6.09 Å². The zero-order valence-electron chi connectivity index (χ0n) is 15.5. The lowest BCUT2D eigenvalue weighted by Crippen LogP contribution is -2.32. The number of imide groups is 1. The largest absolute Gasteiger partial charge is 0.447 e. The molecule has 140 valence electrons. The van der Waals surface area contributed by atoms with Gasteiger partial charge in [-0.15, -0.1) is 0 Å². The van der Waals surface area contributed by atoms with Crippen molar-refractivity contribution >= 4 is 22.9 Å². The van der Waals surface area contributed by atoms with Crippen LogP contribution in [0.2, 0.25) is 0 Å². The summed E-state index contributed by atoms with van der Waals surface area (Å²) < 4.78 is 4.91. The molecule has 5 nitrogen and oxygen atoms in total. The number of hydrogen-bond donors (Lipinski definition) is 1. The lowest BCUT2D eigenvalue weighted by molar-refractivity contribution is -0.128. The van der Waals surface area contributed by atoms with Gasteiger partial charge in [0.25, 0.3) is 0 Å². The first-order valence-corrected chi connectivity index (χ1v) is 9.74. The number of fused-ring (bicyclic) bond motifs is 1. The highest BCUT2D eigenvalue weighted by molar-refractivity contribution is 5.94. The minimum atomic E-state index is -0.504. The van der Waals surface area contributed by atoms with E-state index in [0.29, 0.717) is 19.6 Å². The fourth-order valence-corrected chi connectivity index (χ4v) is 3.73. The van der Waals surface area contributed by atoms with E-state index >= 15 is 0 Å². The van der Waals surface area contributed by atoms with Crippen molar-refractivity contribution in [3.8, 4) is 0 Å². The number of amides is 2. The van der Waals surface area contributed by atoms with Crippen LogP contribution in [0.5, 0.6) is 0 Å². The second-order valence-corrected chi connectivity index (χ2v) is 7.05. The van der Waals surface area contributed by atoms with Gasteiger partial charge < -0.3 is 9.72 Å². The average Bonchev–Trinajstić information content (AvgIpc) is 3.26. The zero-order chi connectivity index (χ0) is 18.4. The Hall–Kier alpha value is -2.30. The quantitative estimate of drug-likeness (QED) is 0.645. The lowest BCUT2D eigenvalue weighted by atomic mass is 9.89. The van der Waals surface area contributed by atoms with Crippen LogP contribution in [0.3, 0.4) is 0 Å². The molecule has 5 heteroatoms. The third kappa shape index (κ3) is 4.26. The number of para-hydroxylation sites is 1. The highest BCUT2D eigenvalue weighted by Gasteiger charge is 2.30. The molecule has 1 aliphatic rings. The highest BCUT2D eigenvalue weighted by atomic mass is 16.6. The van der Waals surface area contributed by atoms with Crippen LogP contribution in [0, 0.1) is 0 Å². The molecule has 26 heavy (non-hydrogen) atoms. The normalized spacial score (nSPS) is 15.4. The van der Waals surface area contributed by atoms with E-state index in [-0.39, 0.29) is 11.8 Å². The fourth-order valence-electron chi connectivity index (χ4n) is 3.73. The van der Waals surface area contributed by atoms with Crippen molar-refractivity contribution in [2.45, 2.75) is 57.8 Å². The van der Waals surface area contributed by atoms with Crippen LogP contribution in [0.25, 0.3) is 10.9 Å². The highest BCUT2D eigenvalue weighted by Crippen LogP contribution is 2.33. The number of nitrogens with one attached hydrogen (secondary N) is 1. The van der Waals surface area contributed by atoms with Crippen molar-refractivity contribution in [1.29, 1.82) is 0 Å². The number of H-pyrrole nitrogens is 1. The van der Waals surface area contributed by atoms with E-state index in [1.165, 1.54) is 41.5 Å². The molecule has 0 spiro atoms. The first kappa shape index (κ1) is 18.5. The first-order valence-electron chi connectivity index (χ1n) is 9.74. The monoisotopic (exact) mass is 356 g/mol. The SMILES string of the molecule is CCCCCCCC(CC(=O)N1CCOC1=O)c1c[nH]c2ccccc12. The molecular weight excluding hydrogens is 328 g/mol. The molecule has 3 rings (SSSR count). The summed E-state index contributed by atoms with van der Waals surface area (Å²) in [5.74, 6) is -0.00924. The van der Waals surface area contributed by atoms with E-state index < -0.39 is 6.09 Å². The average molecular weight is 356 g/mol. The summed E-state index contributed by atoms with van der Waals surface area (Å²) in [6.07, 6.45) is 8.84. The third-order valence-electron chi connectivity index (χ3n) is 5.20. The van der Waals surface area contributed by atoms with Gasteiger partial charge in [0.15, 0.2) is 0 Å². The number of rotatable bonds is 9. The molecule has 1 fully saturated rings. The van der Waals surface area contributed by atoms with Gasteiger partial charge in [-0.25, -0.2) is 9.69 Å². The summed E-state index contributed by atoms with van der Waals surface area (Å²) in [5, 5.41) is 1.17. The number of carbonyl (C=O) groups excluding carboxylic acids is 2. The molecule has 1 saturated heterocycles. The van der Waals surface area contributed by atoms with Crippen LogP contribution in [0.1, 0.15) is 63.4 Å². The summed E-state index contributed by atoms with van der Waals surface area (Å²) in [5.41, 5.74) is 2.27. The van der Waals surface area contributed by atoms with E-state index in [1.807, 2.05) is 18.3 Å². The van der Waals surface area contributed by atoms with Crippen molar-refractivity contribution < 1.29 is 14.3 Å². The van der Waals surface area contributed by atoms with E-state index in [9.17, 15) is 9.59 Å². The minimum absolute atomic E-state index is 0.119. The van der Waals surface area contributed by atoms with Gasteiger partial charge in [0, 0.05) is 23.5 Å². The second-order valence-electron chi connectivity index (χ2n) is 7.05. The molecule has 2 aromatic rings. The second kappa shape index (κ2) is 8.88. The molecule has 0 radical (unpaired) electrons. The number of unbranched alkanes of at least 4 members (excludes halogenated alkanes) is 4. The predicted molar refractivity (Wildman–Crippen MR) is 102 cm³/mol. The maximum atomic E-state index is 12.6. The number of cyclic esters (lactones) is 1. The molecule has 2 heterocycles. The molecular formula is C21H28N2O3. The number of aromatic amines is 1. The van der Waals surface area contributed by atoms with Gasteiger partial charge in [-0.3, -0.25) is 4.79 Å². The van der Waals surface area contributed by atoms with Crippen molar-refractivity contribution in [2.24, 2.45) is 0 Å². The van der Waals surface area contributed by atoms with Gasteiger partial charge in [-0.1, -0.05) is 57.2 Å². The molecule has 0 aliphatic carbocycles. The van der Waals surface area contributed by atoms with E-state index in [2.05, 4.69) is 24.0 Å². The van der Waals surface area contributed by atoms with Crippen molar-refractivity contribution in [3.63, 3.8) is 0 Å².